The second kappa shape index (κ2) is 7.78. The maximum absolute atomic E-state index is 12.2. The summed E-state index contributed by atoms with van der Waals surface area (Å²) in [5.41, 5.74) is 0.529. The van der Waals surface area contributed by atoms with E-state index in [0.717, 1.165) is 6.42 Å². The van der Waals surface area contributed by atoms with Gasteiger partial charge in [0, 0.05) is 19.8 Å². The van der Waals surface area contributed by atoms with Crippen molar-refractivity contribution in [2.75, 3.05) is 26.4 Å². The lowest BCUT2D eigenvalue weighted by molar-refractivity contribution is -0.121. The van der Waals surface area contributed by atoms with Gasteiger partial charge in [0.05, 0.1) is 12.1 Å². The van der Waals surface area contributed by atoms with Gasteiger partial charge in [0.25, 0.3) is 5.91 Å². The van der Waals surface area contributed by atoms with Gasteiger partial charge in [-0.05, 0) is 24.8 Å². The van der Waals surface area contributed by atoms with Crippen molar-refractivity contribution in [3.8, 4) is 0 Å². The maximum atomic E-state index is 12.2. The van der Waals surface area contributed by atoms with E-state index in [4.69, 9.17) is 0 Å². The number of nitrogens with zero attached hydrogens (tertiary/aromatic N) is 2. The molecule has 0 aromatic carbocycles. The summed E-state index contributed by atoms with van der Waals surface area (Å²) in [4.78, 5) is 29.4. The van der Waals surface area contributed by atoms with E-state index in [0.29, 0.717) is 17.1 Å². The van der Waals surface area contributed by atoms with Gasteiger partial charge in [-0.3, -0.25) is 9.59 Å². The van der Waals surface area contributed by atoms with Gasteiger partial charge in [-0.1, -0.05) is 6.92 Å². The first kappa shape index (κ1) is 15.5. The third-order valence-electron chi connectivity index (χ3n) is 2.49. The Morgan fingerprint density at radius 3 is 2.84 bits per heavy atom. The number of pyridine rings is 1. The summed E-state index contributed by atoms with van der Waals surface area (Å²) in [5, 5.41) is 3.42. The third kappa shape index (κ3) is 4.55. The zero-order valence-electron chi connectivity index (χ0n) is 11.5. The van der Waals surface area contributed by atoms with Crippen molar-refractivity contribution in [2.45, 2.75) is 18.4 Å². The zero-order chi connectivity index (χ0) is 14.3. The number of aromatic nitrogens is 1. The predicted molar refractivity (Wildman–Crippen MR) is 76.3 cm³/mol. The van der Waals surface area contributed by atoms with Gasteiger partial charge in [0.2, 0.25) is 5.91 Å². The molecule has 0 saturated carbocycles. The van der Waals surface area contributed by atoms with Crippen molar-refractivity contribution in [3.05, 3.63) is 23.9 Å². The van der Waals surface area contributed by atoms with Crippen molar-refractivity contribution in [1.82, 2.24) is 15.2 Å². The van der Waals surface area contributed by atoms with E-state index in [1.165, 1.54) is 16.7 Å². The Morgan fingerprint density at radius 1 is 1.47 bits per heavy atom. The maximum Gasteiger partial charge on any atom is 0.256 e. The molecule has 1 aromatic heterocycles. The molecule has 0 spiro atoms. The quantitative estimate of drug-likeness (QED) is 0.801. The van der Waals surface area contributed by atoms with Crippen molar-refractivity contribution in [2.24, 2.45) is 0 Å². The van der Waals surface area contributed by atoms with Gasteiger partial charge in [0.1, 0.15) is 5.03 Å². The molecule has 0 bridgehead atoms. The molecule has 0 aliphatic rings. The highest BCUT2D eigenvalue weighted by Gasteiger charge is 2.17. The molecule has 1 heterocycles. The predicted octanol–water partition coefficient (Wildman–Crippen LogP) is 1.40. The molecule has 1 rings (SSSR count). The van der Waals surface area contributed by atoms with Crippen LogP contribution in [-0.4, -0.2) is 48.1 Å². The van der Waals surface area contributed by atoms with Gasteiger partial charge in [-0.15, -0.1) is 11.8 Å². The monoisotopic (exact) mass is 281 g/mol. The molecule has 0 atom stereocenters. The fraction of sp³-hybridized carbons (Fsp3) is 0.462. The van der Waals surface area contributed by atoms with Gasteiger partial charge in [-0.25, -0.2) is 4.98 Å². The fourth-order valence-corrected chi connectivity index (χ4v) is 2.07. The molecular weight excluding hydrogens is 262 g/mol. The van der Waals surface area contributed by atoms with Crippen LogP contribution in [0, 0.1) is 0 Å². The van der Waals surface area contributed by atoms with Crippen LogP contribution in [-0.2, 0) is 4.79 Å². The number of nitrogens with one attached hydrogen (secondary N) is 1. The van der Waals surface area contributed by atoms with Crippen LogP contribution in [0.25, 0.3) is 0 Å². The van der Waals surface area contributed by atoms with Crippen LogP contribution in [0.5, 0.6) is 0 Å². The van der Waals surface area contributed by atoms with Crippen LogP contribution in [0.3, 0.4) is 0 Å². The summed E-state index contributed by atoms with van der Waals surface area (Å²) in [7, 11) is 1.62. The molecule has 0 aliphatic heterocycles. The van der Waals surface area contributed by atoms with Crippen molar-refractivity contribution in [3.63, 3.8) is 0 Å². The van der Waals surface area contributed by atoms with E-state index in [9.17, 15) is 9.59 Å². The number of rotatable bonds is 6. The van der Waals surface area contributed by atoms with E-state index in [1.807, 2.05) is 13.2 Å². The Bertz CT molecular complexity index is 451. The molecular formula is C13H19N3O2S. The molecule has 5 nitrogen and oxygen atoms in total. The second-order valence-electron chi connectivity index (χ2n) is 4.07. The van der Waals surface area contributed by atoms with Crippen LogP contribution < -0.4 is 5.32 Å². The Balaban J connectivity index is 2.69. The van der Waals surface area contributed by atoms with Crippen LogP contribution in [0.1, 0.15) is 23.7 Å². The first-order valence-corrected chi connectivity index (χ1v) is 7.33. The molecule has 104 valence electrons. The first-order chi connectivity index (χ1) is 9.10. The summed E-state index contributed by atoms with van der Waals surface area (Å²) < 4.78 is 0. The number of likely N-dealkylation sites (N-methyl/N-ethyl adjacent to an activating group) is 1. The molecule has 1 aromatic rings. The zero-order valence-corrected chi connectivity index (χ0v) is 12.3. The Labute approximate surface area is 117 Å². The summed E-state index contributed by atoms with van der Waals surface area (Å²) in [6, 6.07) is 3.44. The van der Waals surface area contributed by atoms with E-state index in [1.54, 1.807) is 25.4 Å². The molecule has 0 aliphatic carbocycles. The topological polar surface area (TPSA) is 62.3 Å². The van der Waals surface area contributed by atoms with E-state index < -0.39 is 0 Å². The number of hydrogen-bond acceptors (Lipinski definition) is 4. The molecule has 19 heavy (non-hydrogen) atoms. The minimum Gasteiger partial charge on any atom is -0.355 e. The number of thioether (sulfide) groups is 1. The standard InChI is InChI=1S/C13H19N3O2S/c1-4-7-14-11(17)9-16(2)13(18)10-6-5-8-15-12(10)19-3/h5-6,8H,4,7,9H2,1-3H3,(H,14,17). The lowest BCUT2D eigenvalue weighted by Gasteiger charge is -2.17. The van der Waals surface area contributed by atoms with E-state index in [2.05, 4.69) is 10.3 Å². The summed E-state index contributed by atoms with van der Waals surface area (Å²) >= 11 is 1.41. The summed E-state index contributed by atoms with van der Waals surface area (Å²) in [6.07, 6.45) is 4.40. The minimum atomic E-state index is -0.191. The lowest BCUT2D eigenvalue weighted by atomic mass is 10.2. The van der Waals surface area contributed by atoms with Crippen molar-refractivity contribution < 1.29 is 9.59 Å². The SMILES string of the molecule is CCCNC(=O)CN(C)C(=O)c1cccnc1SC. The van der Waals surface area contributed by atoms with Crippen LogP contribution in [0.2, 0.25) is 0 Å². The van der Waals surface area contributed by atoms with Crippen molar-refractivity contribution in [1.29, 1.82) is 0 Å². The number of amides is 2. The van der Waals surface area contributed by atoms with Gasteiger partial charge in [0.15, 0.2) is 0 Å². The molecule has 1 N–H and O–H groups in total. The molecule has 6 heteroatoms. The number of hydrogen-bond donors (Lipinski definition) is 1. The normalized spacial score (nSPS) is 10.1. The third-order valence-corrected chi connectivity index (χ3v) is 3.21. The fourth-order valence-electron chi connectivity index (χ4n) is 1.53. The summed E-state index contributed by atoms with van der Waals surface area (Å²) in [6.45, 7) is 2.67. The molecule has 2 amide bonds. The second-order valence-corrected chi connectivity index (χ2v) is 4.87. The summed E-state index contributed by atoms with van der Waals surface area (Å²) in [5.74, 6) is -0.337. The molecule has 0 fully saturated rings. The van der Waals surface area contributed by atoms with Gasteiger partial charge < -0.3 is 10.2 Å². The number of carbonyl (C=O) groups excluding carboxylic acids is 2. The van der Waals surface area contributed by atoms with Crippen LogP contribution in [0.4, 0.5) is 0 Å². The highest BCUT2D eigenvalue weighted by molar-refractivity contribution is 7.98. The smallest absolute Gasteiger partial charge is 0.256 e. The van der Waals surface area contributed by atoms with E-state index >= 15 is 0 Å². The van der Waals surface area contributed by atoms with Crippen molar-refractivity contribution >= 4 is 23.6 Å². The largest absolute Gasteiger partial charge is 0.355 e. The number of carbonyl (C=O) groups is 2. The molecule has 0 saturated heterocycles. The minimum absolute atomic E-state index is 0.0571. The molecule has 0 radical (unpaired) electrons. The van der Waals surface area contributed by atoms with Crippen LogP contribution >= 0.6 is 11.8 Å². The molecule has 0 unspecified atom stereocenters. The Morgan fingerprint density at radius 2 is 2.21 bits per heavy atom. The van der Waals surface area contributed by atoms with Gasteiger partial charge >= 0.3 is 0 Å². The average Bonchev–Trinajstić information content (AvgIpc) is 2.44. The highest BCUT2D eigenvalue weighted by atomic mass is 32.2. The van der Waals surface area contributed by atoms with Crippen LogP contribution in [0.15, 0.2) is 23.4 Å². The lowest BCUT2D eigenvalue weighted by Crippen LogP contribution is -2.38. The van der Waals surface area contributed by atoms with Gasteiger partial charge in [-0.2, -0.15) is 0 Å². The first-order valence-electron chi connectivity index (χ1n) is 6.11. The Kier molecular flexibility index (Phi) is 6.35. The Hall–Kier alpha value is -1.56. The van der Waals surface area contributed by atoms with E-state index in [-0.39, 0.29) is 18.4 Å². The average molecular weight is 281 g/mol. The highest BCUT2D eigenvalue weighted by Crippen LogP contribution is 2.17.